The number of H-pyrrole nitrogens is 1. The average Bonchev–Trinajstić information content (AvgIpc) is 2.67. The van der Waals surface area contributed by atoms with E-state index in [-0.39, 0.29) is 5.56 Å². The lowest BCUT2D eigenvalue weighted by Gasteiger charge is -2.04. The minimum Gasteiger partial charge on any atom is -0.377 e. The third kappa shape index (κ3) is 2.48. The number of anilines is 1. The molecule has 0 atom stereocenters. The van der Waals surface area contributed by atoms with E-state index in [0.29, 0.717) is 16.7 Å². The Balaban J connectivity index is 2.10. The van der Waals surface area contributed by atoms with Gasteiger partial charge in [-0.3, -0.25) is 4.79 Å². The fraction of sp³-hybridized carbons (Fsp3) is 0.222. The van der Waals surface area contributed by atoms with Crippen molar-refractivity contribution in [2.24, 2.45) is 0 Å². The molecule has 0 fully saturated rings. The molecule has 16 heavy (non-hydrogen) atoms. The fourth-order valence-corrected chi connectivity index (χ4v) is 2.13. The number of hydrogen-bond acceptors (Lipinski definition) is 5. The monoisotopic (exact) mass is 300 g/mol. The van der Waals surface area contributed by atoms with Gasteiger partial charge in [0.2, 0.25) is 0 Å². The maximum atomic E-state index is 11.2. The molecule has 0 spiro atoms. The van der Waals surface area contributed by atoms with E-state index < -0.39 is 0 Å². The first-order valence-corrected chi connectivity index (χ1v) is 6.22. The summed E-state index contributed by atoms with van der Waals surface area (Å²) in [4.78, 5) is 15.5. The lowest BCUT2D eigenvalue weighted by Crippen LogP contribution is -2.12. The zero-order chi connectivity index (χ0) is 11.5. The third-order valence-electron chi connectivity index (χ3n) is 1.92. The van der Waals surface area contributed by atoms with Gasteiger partial charge < -0.3 is 5.32 Å². The number of rotatable bonds is 3. The van der Waals surface area contributed by atoms with Gasteiger partial charge in [-0.2, -0.15) is 5.10 Å². The van der Waals surface area contributed by atoms with Gasteiger partial charge in [0.25, 0.3) is 5.56 Å². The smallest absolute Gasteiger partial charge is 0.280 e. The van der Waals surface area contributed by atoms with E-state index in [1.165, 1.54) is 0 Å². The molecule has 0 radical (unpaired) electrons. The highest BCUT2D eigenvalue weighted by Crippen LogP contribution is 2.17. The fourth-order valence-electron chi connectivity index (χ4n) is 1.18. The van der Waals surface area contributed by atoms with E-state index in [4.69, 9.17) is 0 Å². The highest BCUT2D eigenvalue weighted by molar-refractivity contribution is 9.10. The van der Waals surface area contributed by atoms with Gasteiger partial charge in [-0.05, 0) is 22.9 Å². The van der Waals surface area contributed by atoms with E-state index >= 15 is 0 Å². The summed E-state index contributed by atoms with van der Waals surface area (Å²) in [5, 5.41) is 12.2. The normalized spacial score (nSPS) is 10.4. The molecule has 5 nitrogen and oxygen atoms in total. The minimum absolute atomic E-state index is 0.251. The number of nitrogens with one attached hydrogen (secondary N) is 2. The van der Waals surface area contributed by atoms with Gasteiger partial charge in [0, 0.05) is 5.38 Å². The van der Waals surface area contributed by atoms with Crippen molar-refractivity contribution < 1.29 is 0 Å². The first-order chi connectivity index (χ1) is 7.66. The van der Waals surface area contributed by atoms with Gasteiger partial charge >= 0.3 is 0 Å². The molecule has 0 aromatic carbocycles. The van der Waals surface area contributed by atoms with Crippen LogP contribution in [0.5, 0.6) is 0 Å². The van der Waals surface area contributed by atoms with Gasteiger partial charge in [-0.1, -0.05) is 0 Å². The van der Waals surface area contributed by atoms with E-state index in [1.807, 2.05) is 12.3 Å². The lowest BCUT2D eigenvalue weighted by atomic mass is 10.4. The van der Waals surface area contributed by atoms with E-state index in [0.717, 1.165) is 10.7 Å². The quantitative estimate of drug-likeness (QED) is 0.908. The van der Waals surface area contributed by atoms with Crippen molar-refractivity contribution in [2.45, 2.75) is 13.5 Å². The Morgan fingerprint density at radius 2 is 2.44 bits per heavy atom. The number of halogens is 1. The molecule has 2 aromatic heterocycles. The molecule has 0 unspecified atom stereocenters. The van der Waals surface area contributed by atoms with Crippen LogP contribution in [0, 0.1) is 6.92 Å². The predicted octanol–water partition coefficient (Wildman–Crippen LogP) is 1.91. The lowest BCUT2D eigenvalue weighted by molar-refractivity contribution is 0.965. The van der Waals surface area contributed by atoms with Crippen molar-refractivity contribution in [3.8, 4) is 0 Å². The second-order valence-corrected chi connectivity index (χ2v) is 4.99. The summed E-state index contributed by atoms with van der Waals surface area (Å²) in [6.45, 7) is 2.53. The van der Waals surface area contributed by atoms with E-state index in [9.17, 15) is 4.79 Å². The molecule has 2 heterocycles. The summed E-state index contributed by atoms with van der Waals surface area (Å²) in [5.74, 6) is 0. The first-order valence-electron chi connectivity index (χ1n) is 4.55. The van der Waals surface area contributed by atoms with Crippen LogP contribution >= 0.6 is 27.3 Å². The third-order valence-corrected chi connectivity index (χ3v) is 3.53. The summed E-state index contributed by atoms with van der Waals surface area (Å²) in [6, 6.07) is 0. The second kappa shape index (κ2) is 4.75. The summed E-state index contributed by atoms with van der Waals surface area (Å²) in [6.07, 6.45) is 1.56. The Morgan fingerprint density at radius 3 is 3.12 bits per heavy atom. The molecule has 0 amide bonds. The molecule has 84 valence electrons. The van der Waals surface area contributed by atoms with Crippen molar-refractivity contribution in [2.75, 3.05) is 5.32 Å². The second-order valence-electron chi connectivity index (χ2n) is 3.14. The van der Waals surface area contributed by atoms with E-state index in [2.05, 4.69) is 36.4 Å². The van der Waals surface area contributed by atoms with Gasteiger partial charge in [0.1, 0.15) is 4.47 Å². The van der Waals surface area contributed by atoms with E-state index in [1.54, 1.807) is 17.5 Å². The van der Waals surface area contributed by atoms with Crippen LogP contribution in [-0.4, -0.2) is 15.2 Å². The van der Waals surface area contributed by atoms with Crippen LogP contribution in [0.4, 0.5) is 5.69 Å². The molecular weight excluding hydrogens is 292 g/mol. The molecule has 0 aliphatic heterocycles. The molecule has 7 heteroatoms. The number of nitrogens with zero attached hydrogens (tertiary/aromatic N) is 2. The standard InChI is InChI=1S/C9H9BrN4OS/c1-5-13-6(4-16-5)2-11-7-3-12-14-9(15)8(7)10/h3-4H,2H2,1H3,(H2,11,14,15). The summed E-state index contributed by atoms with van der Waals surface area (Å²) in [5.41, 5.74) is 1.36. The van der Waals surface area contributed by atoms with Gasteiger partial charge in [0.05, 0.1) is 29.1 Å². The molecular formula is C9H9BrN4OS. The number of hydrogen-bond donors (Lipinski definition) is 2. The Labute approximate surface area is 104 Å². The Morgan fingerprint density at radius 1 is 1.62 bits per heavy atom. The maximum absolute atomic E-state index is 11.2. The number of thiazole rings is 1. The molecule has 2 N–H and O–H groups in total. The predicted molar refractivity (Wildman–Crippen MR) is 66.7 cm³/mol. The summed E-state index contributed by atoms with van der Waals surface area (Å²) < 4.78 is 0.453. The SMILES string of the molecule is Cc1nc(CNc2cn[nH]c(=O)c2Br)cs1. The Bertz CT molecular complexity index is 550. The number of aromatic nitrogens is 3. The van der Waals surface area contributed by atoms with Crippen LogP contribution in [0.1, 0.15) is 10.7 Å². The van der Waals surface area contributed by atoms with Crippen LogP contribution < -0.4 is 10.9 Å². The van der Waals surface area contributed by atoms with Crippen molar-refractivity contribution in [1.82, 2.24) is 15.2 Å². The van der Waals surface area contributed by atoms with Crippen LogP contribution in [0.15, 0.2) is 20.8 Å². The zero-order valence-corrected chi connectivity index (χ0v) is 10.9. The first kappa shape index (κ1) is 11.3. The molecule has 0 aliphatic carbocycles. The number of aromatic amines is 1. The molecule has 2 aromatic rings. The van der Waals surface area contributed by atoms with Crippen molar-refractivity contribution in [3.05, 3.63) is 37.1 Å². The molecule has 0 saturated carbocycles. The highest BCUT2D eigenvalue weighted by atomic mass is 79.9. The molecule has 0 aliphatic rings. The zero-order valence-electron chi connectivity index (χ0n) is 8.45. The van der Waals surface area contributed by atoms with Gasteiger partial charge in [0.15, 0.2) is 0 Å². The van der Waals surface area contributed by atoms with Crippen LogP contribution in [-0.2, 0) is 6.54 Å². The number of aryl methyl sites for hydroxylation is 1. The summed E-state index contributed by atoms with van der Waals surface area (Å²) >= 11 is 4.80. The largest absolute Gasteiger partial charge is 0.377 e. The van der Waals surface area contributed by atoms with Crippen LogP contribution in [0.2, 0.25) is 0 Å². The van der Waals surface area contributed by atoms with Crippen molar-refractivity contribution >= 4 is 33.0 Å². The molecule has 0 bridgehead atoms. The highest BCUT2D eigenvalue weighted by Gasteiger charge is 2.04. The molecule has 2 rings (SSSR count). The maximum Gasteiger partial charge on any atom is 0.280 e. The van der Waals surface area contributed by atoms with Crippen molar-refractivity contribution in [1.29, 1.82) is 0 Å². The van der Waals surface area contributed by atoms with Crippen LogP contribution in [0.3, 0.4) is 0 Å². The summed E-state index contributed by atoms with van der Waals surface area (Å²) in [7, 11) is 0. The Hall–Kier alpha value is -1.21. The Kier molecular flexibility index (Phi) is 3.35. The minimum atomic E-state index is -0.251. The average molecular weight is 301 g/mol. The topological polar surface area (TPSA) is 70.7 Å². The molecule has 0 saturated heterocycles. The van der Waals surface area contributed by atoms with Crippen molar-refractivity contribution in [3.63, 3.8) is 0 Å². The van der Waals surface area contributed by atoms with Gasteiger partial charge in [-0.25, -0.2) is 10.1 Å². The van der Waals surface area contributed by atoms with Gasteiger partial charge in [-0.15, -0.1) is 11.3 Å². The van der Waals surface area contributed by atoms with Crippen LogP contribution in [0.25, 0.3) is 0 Å².